The first kappa shape index (κ1) is 29.4. The Balaban J connectivity index is 0.00000480. The normalized spacial score (nSPS) is 11.8. The van der Waals surface area contributed by atoms with Gasteiger partial charge in [0.1, 0.15) is 23.6 Å². The van der Waals surface area contributed by atoms with Gasteiger partial charge in [-0.15, -0.1) is 38.0 Å². The molecule has 0 fully saturated rings. The number of esters is 2. The summed E-state index contributed by atoms with van der Waals surface area (Å²) in [4.78, 5) is 24.0. The maximum atomic E-state index is 12.1. The highest BCUT2D eigenvalue weighted by Crippen LogP contribution is 2.35. The molecule has 0 radical (unpaired) electrons. The van der Waals surface area contributed by atoms with E-state index in [4.69, 9.17) is 20.9 Å². The molecule has 0 saturated heterocycles. The minimum absolute atomic E-state index is 0. The van der Waals surface area contributed by atoms with E-state index in [0.717, 1.165) is 22.3 Å². The van der Waals surface area contributed by atoms with Crippen molar-refractivity contribution < 1.29 is 19.1 Å². The highest BCUT2D eigenvalue weighted by Gasteiger charge is 2.17. The van der Waals surface area contributed by atoms with Crippen LogP contribution in [0.25, 0.3) is 11.1 Å². The number of halogens is 2. The molecule has 174 valence electrons. The molecule has 6 nitrogen and oxygen atoms in total. The van der Waals surface area contributed by atoms with E-state index in [9.17, 15) is 9.59 Å². The highest BCUT2D eigenvalue weighted by molar-refractivity contribution is 5.85. The fourth-order valence-electron chi connectivity index (χ4n) is 2.75. The van der Waals surface area contributed by atoms with Gasteiger partial charge in [-0.25, -0.2) is 9.59 Å². The molecule has 2 rings (SSSR count). The van der Waals surface area contributed by atoms with E-state index in [1.807, 2.05) is 18.2 Å². The van der Waals surface area contributed by atoms with Crippen LogP contribution in [0.2, 0.25) is 0 Å². The predicted octanol–water partition coefficient (Wildman–Crippen LogP) is 4.16. The van der Waals surface area contributed by atoms with Crippen LogP contribution in [-0.2, 0) is 22.4 Å². The lowest BCUT2D eigenvalue weighted by atomic mass is 9.97. The Kier molecular flexibility index (Phi) is 12.6. The minimum Gasteiger partial charge on any atom is -0.425 e. The highest BCUT2D eigenvalue weighted by atomic mass is 35.5. The molecule has 0 aromatic heterocycles. The first-order chi connectivity index (χ1) is 14.3. The molecule has 0 bridgehead atoms. The van der Waals surface area contributed by atoms with E-state index in [1.165, 1.54) is 0 Å². The zero-order valence-electron chi connectivity index (χ0n) is 18.2. The molecule has 32 heavy (non-hydrogen) atoms. The molecule has 2 unspecified atom stereocenters. The van der Waals surface area contributed by atoms with Crippen molar-refractivity contribution in [2.75, 3.05) is 0 Å². The molecule has 0 aliphatic rings. The van der Waals surface area contributed by atoms with E-state index < -0.39 is 24.0 Å². The van der Waals surface area contributed by atoms with Crippen LogP contribution in [0.4, 0.5) is 0 Å². The summed E-state index contributed by atoms with van der Waals surface area (Å²) < 4.78 is 10.9. The van der Waals surface area contributed by atoms with E-state index in [2.05, 4.69) is 13.2 Å². The molecule has 0 aliphatic heterocycles. The lowest BCUT2D eigenvalue weighted by Crippen LogP contribution is -2.31. The molecule has 2 aromatic rings. The number of rotatable bonds is 9. The van der Waals surface area contributed by atoms with Gasteiger partial charge >= 0.3 is 11.9 Å². The SMILES string of the molecule is C=CCc1ccc(OC(=O)C(C)N)c(-c2ccc(OC(=O)C(C)N)c(CC=C)c2)c1.Cl.Cl. The van der Waals surface area contributed by atoms with Gasteiger partial charge in [0, 0.05) is 5.56 Å². The molecule has 4 N–H and O–H groups in total. The van der Waals surface area contributed by atoms with Crippen LogP contribution in [0.3, 0.4) is 0 Å². The molecule has 2 aromatic carbocycles. The van der Waals surface area contributed by atoms with Crippen LogP contribution in [-0.4, -0.2) is 24.0 Å². The Morgan fingerprint density at radius 3 is 1.94 bits per heavy atom. The van der Waals surface area contributed by atoms with Gasteiger partial charge in [0.25, 0.3) is 0 Å². The lowest BCUT2D eigenvalue weighted by Gasteiger charge is -2.16. The fourth-order valence-corrected chi connectivity index (χ4v) is 2.75. The van der Waals surface area contributed by atoms with Crippen molar-refractivity contribution >= 4 is 36.8 Å². The first-order valence-corrected chi connectivity index (χ1v) is 9.69. The van der Waals surface area contributed by atoms with Gasteiger partial charge in [0.2, 0.25) is 0 Å². The summed E-state index contributed by atoms with van der Waals surface area (Å²) >= 11 is 0. The van der Waals surface area contributed by atoms with Crippen molar-refractivity contribution in [3.63, 3.8) is 0 Å². The summed E-state index contributed by atoms with van der Waals surface area (Å²) in [6.45, 7) is 10.7. The van der Waals surface area contributed by atoms with Gasteiger partial charge < -0.3 is 20.9 Å². The Hall–Kier alpha value is -2.64. The van der Waals surface area contributed by atoms with Crippen molar-refractivity contribution in [3.05, 3.63) is 72.8 Å². The summed E-state index contributed by atoms with van der Waals surface area (Å²) in [5, 5.41) is 0. The molecule has 0 aliphatic carbocycles. The summed E-state index contributed by atoms with van der Waals surface area (Å²) in [5.41, 5.74) is 14.5. The zero-order chi connectivity index (χ0) is 22.3. The van der Waals surface area contributed by atoms with Crippen molar-refractivity contribution in [2.45, 2.75) is 38.8 Å². The third-order valence-electron chi connectivity index (χ3n) is 4.32. The van der Waals surface area contributed by atoms with Gasteiger partial charge in [-0.05, 0) is 67.6 Å². The molecule has 0 spiro atoms. The van der Waals surface area contributed by atoms with Crippen molar-refractivity contribution in [1.82, 2.24) is 0 Å². The van der Waals surface area contributed by atoms with Crippen molar-refractivity contribution in [2.24, 2.45) is 11.5 Å². The topological polar surface area (TPSA) is 105 Å². The molecular weight excluding hydrogens is 451 g/mol. The second kappa shape index (κ2) is 13.7. The second-order valence-corrected chi connectivity index (χ2v) is 7.06. The van der Waals surface area contributed by atoms with Crippen molar-refractivity contribution in [3.8, 4) is 22.6 Å². The summed E-state index contributed by atoms with van der Waals surface area (Å²) in [6, 6.07) is 9.44. The summed E-state index contributed by atoms with van der Waals surface area (Å²) in [7, 11) is 0. The molecule has 8 heteroatoms. The van der Waals surface area contributed by atoms with Crippen LogP contribution in [0.1, 0.15) is 25.0 Å². The number of allylic oxidation sites excluding steroid dienone is 2. The summed E-state index contributed by atoms with van der Waals surface area (Å²) in [5.74, 6) is -0.235. The number of nitrogens with two attached hydrogens (primary N) is 2. The second-order valence-electron chi connectivity index (χ2n) is 7.06. The van der Waals surface area contributed by atoms with E-state index in [1.54, 1.807) is 44.2 Å². The Labute approximate surface area is 201 Å². The van der Waals surface area contributed by atoms with E-state index in [0.29, 0.717) is 24.3 Å². The largest absolute Gasteiger partial charge is 0.425 e. The van der Waals surface area contributed by atoms with Crippen LogP contribution >= 0.6 is 24.8 Å². The van der Waals surface area contributed by atoms with Crippen molar-refractivity contribution in [1.29, 1.82) is 0 Å². The Morgan fingerprint density at radius 2 is 1.41 bits per heavy atom. The van der Waals surface area contributed by atoms with Gasteiger partial charge in [-0.1, -0.05) is 24.3 Å². The van der Waals surface area contributed by atoms with Crippen LogP contribution in [0, 0.1) is 0 Å². The number of hydrogen-bond donors (Lipinski definition) is 2. The van der Waals surface area contributed by atoms with Gasteiger partial charge in [0.05, 0.1) is 0 Å². The molecule has 0 saturated carbocycles. The van der Waals surface area contributed by atoms with Gasteiger partial charge in [0.15, 0.2) is 0 Å². The quantitative estimate of drug-likeness (QED) is 0.317. The van der Waals surface area contributed by atoms with E-state index >= 15 is 0 Å². The van der Waals surface area contributed by atoms with Crippen LogP contribution in [0.15, 0.2) is 61.7 Å². The number of hydrogen-bond acceptors (Lipinski definition) is 6. The zero-order valence-corrected chi connectivity index (χ0v) is 19.8. The average Bonchev–Trinajstić information content (AvgIpc) is 2.70. The van der Waals surface area contributed by atoms with E-state index in [-0.39, 0.29) is 24.8 Å². The summed E-state index contributed by atoms with van der Waals surface area (Å²) in [6.07, 6.45) is 4.66. The predicted molar refractivity (Wildman–Crippen MR) is 133 cm³/mol. The number of benzene rings is 2. The van der Waals surface area contributed by atoms with Crippen LogP contribution < -0.4 is 20.9 Å². The standard InChI is InChI=1S/C24H28N2O4.2ClH/c1-5-7-17-9-11-22(30-24(28)16(4)26)20(13-17)18-10-12-21(19(14-18)8-6-2)29-23(27)15(3)25;;/h5-6,9-16H,1-2,7-8,25-26H2,3-4H3;2*1H. The smallest absolute Gasteiger partial charge is 0.328 e. The first-order valence-electron chi connectivity index (χ1n) is 9.69. The monoisotopic (exact) mass is 480 g/mol. The van der Waals surface area contributed by atoms with Crippen LogP contribution in [0.5, 0.6) is 11.5 Å². The minimum atomic E-state index is -0.748. The lowest BCUT2D eigenvalue weighted by molar-refractivity contribution is -0.136. The molecule has 0 amide bonds. The average molecular weight is 481 g/mol. The Morgan fingerprint density at radius 1 is 0.875 bits per heavy atom. The molecule has 2 atom stereocenters. The van der Waals surface area contributed by atoms with Gasteiger partial charge in [-0.2, -0.15) is 0 Å². The number of carbonyl (C=O) groups excluding carboxylic acids is 2. The number of ether oxygens (including phenoxy) is 2. The molecule has 0 heterocycles. The fraction of sp³-hybridized carbons (Fsp3) is 0.250. The third kappa shape index (κ3) is 7.80. The molecular formula is C24H30Cl2N2O4. The Bertz CT molecular complexity index is 959. The number of carbonyl (C=O) groups is 2. The third-order valence-corrected chi connectivity index (χ3v) is 4.32. The maximum Gasteiger partial charge on any atom is 0.328 e. The maximum absolute atomic E-state index is 12.1. The van der Waals surface area contributed by atoms with Gasteiger partial charge in [-0.3, -0.25) is 0 Å².